The maximum absolute atomic E-state index is 4.69. The lowest BCUT2D eigenvalue weighted by Gasteiger charge is -2.12. The second-order valence-electron chi connectivity index (χ2n) is 7.36. The Morgan fingerprint density at radius 3 is 2.65 bits per heavy atom. The van der Waals surface area contributed by atoms with Crippen molar-refractivity contribution < 1.29 is 0 Å². The van der Waals surface area contributed by atoms with E-state index in [1.54, 1.807) is 0 Å². The van der Waals surface area contributed by atoms with Crippen LogP contribution in [0.4, 0.5) is 0 Å². The van der Waals surface area contributed by atoms with Crippen LogP contribution in [0.5, 0.6) is 0 Å². The summed E-state index contributed by atoms with van der Waals surface area (Å²) in [6.45, 7) is 7.22. The number of aliphatic imine (C=N–C) groups is 1. The van der Waals surface area contributed by atoms with Crippen LogP contribution in [0.2, 0.25) is 0 Å². The van der Waals surface area contributed by atoms with Crippen molar-refractivity contribution in [2.24, 2.45) is 4.99 Å². The first kappa shape index (κ1) is 20.7. The third-order valence-electron chi connectivity index (χ3n) is 5.10. The molecule has 7 heteroatoms. The van der Waals surface area contributed by atoms with E-state index in [9.17, 15) is 0 Å². The van der Waals surface area contributed by atoms with Crippen LogP contribution in [0, 0.1) is 6.92 Å². The van der Waals surface area contributed by atoms with Gasteiger partial charge in [-0.25, -0.2) is 14.7 Å². The van der Waals surface area contributed by atoms with Gasteiger partial charge in [-0.05, 0) is 50.6 Å². The fraction of sp³-hybridized carbons (Fsp3) is 0.292. The Morgan fingerprint density at radius 1 is 1.00 bits per heavy atom. The molecule has 2 aromatic carbocycles. The summed E-state index contributed by atoms with van der Waals surface area (Å²) in [5, 5.41) is 11.4. The molecule has 0 saturated heterocycles. The van der Waals surface area contributed by atoms with Crippen molar-refractivity contribution in [2.75, 3.05) is 13.1 Å². The molecule has 160 valence electrons. The predicted molar refractivity (Wildman–Crippen MR) is 125 cm³/mol. The molecule has 0 saturated carbocycles. The normalized spacial score (nSPS) is 11.7. The standard InChI is InChI=1S/C24H29N7/c1-3-25-24(27-18-20-14-17-31(29-20)21-10-5-4-6-11-21)26-15-9-16-30-19(2)28-22-12-7-8-13-23(22)30/h4-8,10-14,17H,3,9,15-16,18H2,1-2H3,(H2,25,26,27). The van der Waals surface area contributed by atoms with Gasteiger partial charge in [0.1, 0.15) is 5.82 Å². The third-order valence-corrected chi connectivity index (χ3v) is 5.10. The number of aromatic nitrogens is 4. The molecule has 7 nitrogen and oxygen atoms in total. The van der Waals surface area contributed by atoms with Crippen molar-refractivity contribution in [1.29, 1.82) is 0 Å². The number of hydrogen-bond acceptors (Lipinski definition) is 3. The highest BCUT2D eigenvalue weighted by molar-refractivity contribution is 5.79. The second kappa shape index (κ2) is 9.93. The van der Waals surface area contributed by atoms with Gasteiger partial charge in [0.15, 0.2) is 5.96 Å². The molecule has 0 unspecified atom stereocenters. The third kappa shape index (κ3) is 5.12. The number of nitrogens with zero attached hydrogens (tertiary/aromatic N) is 5. The van der Waals surface area contributed by atoms with E-state index in [4.69, 9.17) is 4.99 Å². The average Bonchev–Trinajstić information content (AvgIpc) is 3.39. The smallest absolute Gasteiger partial charge is 0.191 e. The van der Waals surface area contributed by atoms with Crippen molar-refractivity contribution in [3.63, 3.8) is 0 Å². The van der Waals surface area contributed by atoms with E-state index in [2.05, 4.69) is 57.3 Å². The van der Waals surface area contributed by atoms with E-state index in [1.165, 1.54) is 5.52 Å². The van der Waals surface area contributed by atoms with Gasteiger partial charge in [-0.15, -0.1) is 0 Å². The zero-order chi connectivity index (χ0) is 21.5. The lowest BCUT2D eigenvalue weighted by Crippen LogP contribution is -2.38. The fourth-order valence-corrected chi connectivity index (χ4v) is 3.59. The Labute approximate surface area is 182 Å². The number of imidazole rings is 1. The van der Waals surface area contributed by atoms with Crippen LogP contribution in [0.3, 0.4) is 0 Å². The van der Waals surface area contributed by atoms with E-state index < -0.39 is 0 Å². The summed E-state index contributed by atoms with van der Waals surface area (Å²) < 4.78 is 4.15. The molecule has 0 aliphatic heterocycles. The summed E-state index contributed by atoms with van der Waals surface area (Å²) >= 11 is 0. The molecule has 31 heavy (non-hydrogen) atoms. The van der Waals surface area contributed by atoms with E-state index in [0.29, 0.717) is 6.54 Å². The van der Waals surface area contributed by atoms with Crippen LogP contribution in [-0.2, 0) is 13.1 Å². The minimum Gasteiger partial charge on any atom is -0.357 e. The van der Waals surface area contributed by atoms with Crippen LogP contribution >= 0.6 is 0 Å². The van der Waals surface area contributed by atoms with Gasteiger partial charge in [0, 0.05) is 25.8 Å². The Morgan fingerprint density at radius 2 is 1.81 bits per heavy atom. The summed E-state index contributed by atoms with van der Waals surface area (Å²) in [6, 6.07) is 20.4. The van der Waals surface area contributed by atoms with Crippen LogP contribution in [0.15, 0.2) is 71.9 Å². The van der Waals surface area contributed by atoms with E-state index in [0.717, 1.165) is 54.7 Å². The molecule has 0 aliphatic carbocycles. The lowest BCUT2D eigenvalue weighted by atomic mass is 10.3. The number of rotatable bonds is 8. The fourth-order valence-electron chi connectivity index (χ4n) is 3.59. The molecule has 0 aliphatic rings. The summed E-state index contributed by atoms with van der Waals surface area (Å²) in [7, 11) is 0. The number of hydrogen-bond donors (Lipinski definition) is 2. The van der Waals surface area contributed by atoms with E-state index in [1.807, 2.05) is 53.3 Å². The molecule has 0 fully saturated rings. The molecule has 0 spiro atoms. The molecule has 2 aromatic heterocycles. The number of fused-ring (bicyclic) bond motifs is 1. The zero-order valence-corrected chi connectivity index (χ0v) is 18.1. The van der Waals surface area contributed by atoms with E-state index in [-0.39, 0.29) is 0 Å². The molecular weight excluding hydrogens is 386 g/mol. The highest BCUT2D eigenvalue weighted by Crippen LogP contribution is 2.15. The summed E-state index contributed by atoms with van der Waals surface area (Å²) in [4.78, 5) is 9.33. The quantitative estimate of drug-likeness (QED) is 0.262. The van der Waals surface area contributed by atoms with Gasteiger partial charge in [0.25, 0.3) is 0 Å². The summed E-state index contributed by atoms with van der Waals surface area (Å²) in [6.07, 6.45) is 2.95. The zero-order valence-electron chi connectivity index (χ0n) is 18.1. The maximum atomic E-state index is 4.69. The lowest BCUT2D eigenvalue weighted by molar-refractivity contribution is 0.624. The topological polar surface area (TPSA) is 72.1 Å². The van der Waals surface area contributed by atoms with Crippen LogP contribution in [0.1, 0.15) is 24.9 Å². The van der Waals surface area contributed by atoms with E-state index >= 15 is 0 Å². The molecule has 0 bridgehead atoms. The van der Waals surface area contributed by atoms with Crippen molar-refractivity contribution in [2.45, 2.75) is 33.4 Å². The minimum atomic E-state index is 0.528. The molecule has 4 rings (SSSR count). The van der Waals surface area contributed by atoms with Crippen LogP contribution in [-0.4, -0.2) is 38.4 Å². The summed E-state index contributed by atoms with van der Waals surface area (Å²) in [5.41, 5.74) is 4.22. The van der Waals surface area contributed by atoms with Gasteiger partial charge < -0.3 is 15.2 Å². The van der Waals surface area contributed by atoms with Crippen molar-refractivity contribution >= 4 is 17.0 Å². The average molecular weight is 416 g/mol. The minimum absolute atomic E-state index is 0.528. The molecule has 0 amide bonds. The largest absolute Gasteiger partial charge is 0.357 e. The first-order valence-corrected chi connectivity index (χ1v) is 10.8. The first-order chi connectivity index (χ1) is 15.2. The second-order valence-corrected chi connectivity index (χ2v) is 7.36. The maximum Gasteiger partial charge on any atom is 0.191 e. The number of guanidine groups is 1. The number of benzene rings is 2. The van der Waals surface area contributed by atoms with Gasteiger partial charge in [0.2, 0.25) is 0 Å². The number of nitrogens with one attached hydrogen (secondary N) is 2. The Hall–Kier alpha value is -3.61. The highest BCUT2D eigenvalue weighted by atomic mass is 15.3. The Bertz CT molecular complexity index is 1140. The molecule has 2 heterocycles. The molecule has 2 N–H and O–H groups in total. The number of aryl methyl sites for hydroxylation is 2. The first-order valence-electron chi connectivity index (χ1n) is 10.8. The highest BCUT2D eigenvalue weighted by Gasteiger charge is 2.06. The Balaban J connectivity index is 1.32. The Kier molecular flexibility index (Phi) is 6.62. The van der Waals surface area contributed by atoms with Crippen molar-refractivity contribution in [3.05, 3.63) is 78.4 Å². The van der Waals surface area contributed by atoms with Gasteiger partial charge in [-0.3, -0.25) is 0 Å². The van der Waals surface area contributed by atoms with Crippen LogP contribution < -0.4 is 10.6 Å². The van der Waals surface area contributed by atoms with Gasteiger partial charge in [-0.2, -0.15) is 5.10 Å². The van der Waals surface area contributed by atoms with Crippen molar-refractivity contribution in [1.82, 2.24) is 30.0 Å². The van der Waals surface area contributed by atoms with Gasteiger partial charge >= 0.3 is 0 Å². The summed E-state index contributed by atoms with van der Waals surface area (Å²) in [5.74, 6) is 1.86. The number of para-hydroxylation sites is 3. The molecule has 4 aromatic rings. The molecular formula is C24H29N7. The predicted octanol–water partition coefficient (Wildman–Crippen LogP) is 3.68. The van der Waals surface area contributed by atoms with Crippen LogP contribution in [0.25, 0.3) is 16.7 Å². The van der Waals surface area contributed by atoms with Gasteiger partial charge in [-0.1, -0.05) is 30.3 Å². The van der Waals surface area contributed by atoms with Gasteiger partial charge in [0.05, 0.1) is 29.0 Å². The molecule has 0 atom stereocenters. The van der Waals surface area contributed by atoms with Crippen molar-refractivity contribution in [3.8, 4) is 5.69 Å². The monoisotopic (exact) mass is 415 g/mol. The molecule has 0 radical (unpaired) electrons. The SMILES string of the molecule is CCNC(=NCc1ccn(-c2ccccc2)n1)NCCCn1c(C)nc2ccccc21.